The third-order valence-corrected chi connectivity index (χ3v) is 8.18. The van der Waals surface area contributed by atoms with Crippen LogP contribution in [0.5, 0.6) is 0 Å². The minimum absolute atomic E-state index is 0.0115. The Labute approximate surface area is 264 Å². The first-order valence-corrected chi connectivity index (χ1v) is 14.9. The molecule has 9 nitrogen and oxygen atoms in total. The Hall–Kier alpha value is -3.77. The number of primary amides is 2. The molecule has 1 heterocycles. The topological polar surface area (TPSA) is 134 Å². The minimum atomic E-state index is -0.787. The number of hydrogen-bond donors (Lipinski definition) is 4. The SMILES string of the molecule is NC(=O)Nc1cc(Cl)c(NC(=O)CN2CCN(CCCCC(c3ccc(F)cc3)c3ccc(F)cc3)CC2C(N)=O)c(Cl)c1. The molecule has 6 N–H and O–H groups in total. The first-order valence-electron chi connectivity index (χ1n) is 14.1. The third-order valence-electron chi connectivity index (χ3n) is 7.59. The zero-order chi connectivity index (χ0) is 31.8. The quantitative estimate of drug-likeness (QED) is 0.201. The Morgan fingerprint density at radius 2 is 1.43 bits per heavy atom. The molecule has 0 spiro atoms. The van der Waals surface area contributed by atoms with Gasteiger partial charge < -0.3 is 22.1 Å². The lowest BCUT2D eigenvalue weighted by Crippen LogP contribution is -2.59. The minimum Gasteiger partial charge on any atom is -0.368 e. The molecule has 0 bridgehead atoms. The summed E-state index contributed by atoms with van der Waals surface area (Å²) in [5.74, 6) is -1.60. The van der Waals surface area contributed by atoms with Gasteiger partial charge in [-0.3, -0.25) is 19.4 Å². The molecule has 1 unspecified atom stereocenters. The van der Waals surface area contributed by atoms with Gasteiger partial charge in [-0.25, -0.2) is 13.6 Å². The number of carbonyl (C=O) groups is 3. The summed E-state index contributed by atoms with van der Waals surface area (Å²) in [6.45, 7) is 2.06. The number of carbonyl (C=O) groups excluding carboxylic acids is 3. The van der Waals surface area contributed by atoms with E-state index in [1.807, 2.05) is 0 Å². The molecule has 1 atom stereocenters. The van der Waals surface area contributed by atoms with Crippen molar-refractivity contribution < 1.29 is 23.2 Å². The van der Waals surface area contributed by atoms with E-state index in [4.69, 9.17) is 34.7 Å². The Morgan fingerprint density at radius 3 is 1.95 bits per heavy atom. The van der Waals surface area contributed by atoms with Crippen LogP contribution in [0.1, 0.15) is 36.3 Å². The molecule has 1 saturated heterocycles. The molecule has 1 aliphatic rings. The largest absolute Gasteiger partial charge is 0.368 e. The summed E-state index contributed by atoms with van der Waals surface area (Å²) in [5, 5.41) is 5.24. The molecule has 13 heteroatoms. The second-order valence-corrected chi connectivity index (χ2v) is 11.5. The van der Waals surface area contributed by atoms with Crippen LogP contribution in [-0.2, 0) is 9.59 Å². The summed E-state index contributed by atoms with van der Waals surface area (Å²) in [6, 6.07) is 14.1. The molecule has 0 aromatic heterocycles. The van der Waals surface area contributed by atoms with Gasteiger partial charge in [-0.05, 0) is 66.9 Å². The number of urea groups is 1. The van der Waals surface area contributed by atoms with E-state index in [1.165, 1.54) is 36.4 Å². The van der Waals surface area contributed by atoms with Gasteiger partial charge in [0.2, 0.25) is 11.8 Å². The van der Waals surface area contributed by atoms with E-state index in [2.05, 4.69) is 15.5 Å². The first-order chi connectivity index (χ1) is 21.0. The highest BCUT2D eigenvalue weighted by molar-refractivity contribution is 6.40. The van der Waals surface area contributed by atoms with Crippen molar-refractivity contribution in [3.63, 3.8) is 0 Å². The molecule has 234 valence electrons. The van der Waals surface area contributed by atoms with E-state index in [0.717, 1.165) is 36.9 Å². The summed E-state index contributed by atoms with van der Waals surface area (Å²) >= 11 is 12.5. The zero-order valence-electron chi connectivity index (χ0n) is 23.9. The lowest BCUT2D eigenvalue weighted by Gasteiger charge is -2.39. The predicted molar refractivity (Wildman–Crippen MR) is 168 cm³/mol. The van der Waals surface area contributed by atoms with Crippen molar-refractivity contribution in [3.05, 3.63) is 93.5 Å². The molecular formula is C31H34Cl2F2N6O3. The van der Waals surface area contributed by atoms with Crippen LogP contribution in [0.15, 0.2) is 60.7 Å². The Morgan fingerprint density at radius 1 is 0.864 bits per heavy atom. The molecule has 4 amide bonds. The molecular weight excluding hydrogens is 613 g/mol. The van der Waals surface area contributed by atoms with Crippen molar-refractivity contribution >= 4 is 52.4 Å². The van der Waals surface area contributed by atoms with Crippen molar-refractivity contribution in [1.29, 1.82) is 0 Å². The van der Waals surface area contributed by atoms with Gasteiger partial charge in [0.05, 0.1) is 22.3 Å². The molecule has 1 aliphatic heterocycles. The average molecular weight is 648 g/mol. The van der Waals surface area contributed by atoms with Crippen LogP contribution in [0, 0.1) is 11.6 Å². The van der Waals surface area contributed by atoms with Gasteiger partial charge in [0, 0.05) is 31.2 Å². The van der Waals surface area contributed by atoms with E-state index in [-0.39, 0.29) is 45.5 Å². The number of benzene rings is 3. The van der Waals surface area contributed by atoms with Crippen LogP contribution in [0.4, 0.5) is 25.0 Å². The number of hydrogen-bond acceptors (Lipinski definition) is 5. The van der Waals surface area contributed by atoms with Crippen molar-refractivity contribution in [2.75, 3.05) is 43.4 Å². The maximum atomic E-state index is 13.5. The summed E-state index contributed by atoms with van der Waals surface area (Å²) in [6.07, 6.45) is 2.46. The first kappa shape index (κ1) is 33.1. The van der Waals surface area contributed by atoms with Gasteiger partial charge in [-0.15, -0.1) is 0 Å². The summed E-state index contributed by atoms with van der Waals surface area (Å²) in [4.78, 5) is 40.2. The monoisotopic (exact) mass is 646 g/mol. The number of nitrogens with two attached hydrogens (primary N) is 2. The van der Waals surface area contributed by atoms with E-state index in [0.29, 0.717) is 19.6 Å². The normalized spacial score (nSPS) is 15.7. The molecule has 0 aliphatic carbocycles. The average Bonchev–Trinajstić information content (AvgIpc) is 2.96. The molecule has 3 aromatic rings. The van der Waals surface area contributed by atoms with E-state index < -0.39 is 23.9 Å². The van der Waals surface area contributed by atoms with Crippen LogP contribution in [0.2, 0.25) is 10.0 Å². The number of anilines is 2. The van der Waals surface area contributed by atoms with Crippen LogP contribution in [-0.4, -0.2) is 66.4 Å². The second-order valence-electron chi connectivity index (χ2n) is 10.7. The Bertz CT molecular complexity index is 1410. The van der Waals surface area contributed by atoms with Crippen molar-refractivity contribution in [1.82, 2.24) is 9.80 Å². The van der Waals surface area contributed by atoms with Gasteiger partial charge in [-0.1, -0.05) is 53.9 Å². The number of amides is 4. The molecule has 3 aromatic carbocycles. The van der Waals surface area contributed by atoms with Gasteiger partial charge >= 0.3 is 6.03 Å². The fourth-order valence-corrected chi connectivity index (χ4v) is 5.99. The zero-order valence-corrected chi connectivity index (χ0v) is 25.4. The highest BCUT2D eigenvalue weighted by Crippen LogP contribution is 2.34. The van der Waals surface area contributed by atoms with Crippen molar-refractivity contribution in [2.45, 2.75) is 31.2 Å². The highest BCUT2D eigenvalue weighted by Gasteiger charge is 2.32. The highest BCUT2D eigenvalue weighted by atomic mass is 35.5. The summed E-state index contributed by atoms with van der Waals surface area (Å²) < 4.78 is 27.1. The van der Waals surface area contributed by atoms with Gasteiger partial charge in [0.25, 0.3) is 0 Å². The predicted octanol–water partition coefficient (Wildman–Crippen LogP) is 5.17. The number of nitrogens with one attached hydrogen (secondary N) is 2. The number of unbranched alkanes of at least 4 members (excludes halogenated alkanes) is 1. The summed E-state index contributed by atoms with van der Waals surface area (Å²) in [7, 11) is 0. The molecule has 4 rings (SSSR count). The van der Waals surface area contributed by atoms with E-state index in [1.54, 1.807) is 29.2 Å². The van der Waals surface area contributed by atoms with Gasteiger partial charge in [0.15, 0.2) is 0 Å². The van der Waals surface area contributed by atoms with E-state index in [9.17, 15) is 23.2 Å². The third kappa shape index (κ3) is 9.12. The van der Waals surface area contributed by atoms with Crippen molar-refractivity contribution in [2.24, 2.45) is 11.5 Å². The van der Waals surface area contributed by atoms with E-state index >= 15 is 0 Å². The standard InChI is InChI=1S/C31H34Cl2F2N6O3/c32-25-15-23(38-31(37)44)16-26(33)29(25)39-28(42)18-41-14-13-40(17-27(41)30(36)43)12-2-1-3-24(19-4-8-21(34)9-5-19)20-6-10-22(35)11-7-20/h4-11,15-16,24,27H,1-3,12-14,17-18H2,(H2,36,43)(H,39,42)(H3,37,38,44). The Kier molecular flexibility index (Phi) is 11.5. The summed E-state index contributed by atoms with van der Waals surface area (Å²) in [5.41, 5.74) is 13.2. The number of halogens is 4. The molecule has 1 fully saturated rings. The Balaban J connectivity index is 1.30. The fourth-order valence-electron chi connectivity index (χ4n) is 5.41. The van der Waals surface area contributed by atoms with Crippen LogP contribution in [0.3, 0.4) is 0 Å². The maximum absolute atomic E-state index is 13.5. The lowest BCUT2D eigenvalue weighted by atomic mass is 9.87. The van der Waals surface area contributed by atoms with Crippen molar-refractivity contribution in [3.8, 4) is 0 Å². The fraction of sp³-hybridized carbons (Fsp3) is 0.323. The number of nitrogens with zero attached hydrogens (tertiary/aromatic N) is 2. The van der Waals surface area contributed by atoms with Gasteiger partial charge in [0.1, 0.15) is 17.7 Å². The lowest BCUT2D eigenvalue weighted by molar-refractivity contribution is -0.127. The smallest absolute Gasteiger partial charge is 0.316 e. The van der Waals surface area contributed by atoms with Crippen LogP contribution in [0.25, 0.3) is 0 Å². The van der Waals surface area contributed by atoms with Gasteiger partial charge in [-0.2, -0.15) is 0 Å². The molecule has 44 heavy (non-hydrogen) atoms. The molecule has 0 radical (unpaired) electrons. The number of piperazine rings is 1. The number of rotatable bonds is 12. The van der Waals surface area contributed by atoms with Crippen LogP contribution < -0.4 is 22.1 Å². The molecule has 0 saturated carbocycles. The van der Waals surface area contributed by atoms with Crippen LogP contribution >= 0.6 is 23.2 Å². The maximum Gasteiger partial charge on any atom is 0.316 e. The second kappa shape index (κ2) is 15.3.